The van der Waals surface area contributed by atoms with Crippen LogP contribution < -0.4 is 19.1 Å². The largest absolute Gasteiger partial charge is 0.493 e. The molecule has 2 aromatic rings. The molecule has 180 valence electrons. The van der Waals surface area contributed by atoms with Gasteiger partial charge >= 0.3 is 0 Å². The number of anilines is 1. The fraction of sp³-hybridized carbons (Fsp3) is 0.435. The number of sulfonamides is 1. The molecule has 0 saturated heterocycles. The third-order valence-corrected chi connectivity index (χ3v) is 8.83. The van der Waals surface area contributed by atoms with Gasteiger partial charge in [0.1, 0.15) is 6.54 Å². The van der Waals surface area contributed by atoms with Crippen LogP contribution in [-0.4, -0.2) is 52.6 Å². The molecule has 0 atom stereocenters. The van der Waals surface area contributed by atoms with Crippen molar-refractivity contribution < 1.29 is 22.7 Å². The molecule has 0 radical (unpaired) electrons. The van der Waals surface area contributed by atoms with Crippen molar-refractivity contribution in [2.24, 2.45) is 0 Å². The molecule has 33 heavy (non-hydrogen) atoms. The van der Waals surface area contributed by atoms with Crippen molar-refractivity contribution in [2.45, 2.75) is 35.8 Å². The highest BCUT2D eigenvalue weighted by Crippen LogP contribution is 2.32. The molecule has 7 nitrogen and oxygen atoms in total. The Kier molecular flexibility index (Phi) is 9.17. The molecule has 0 aromatic heterocycles. The van der Waals surface area contributed by atoms with Gasteiger partial charge in [-0.3, -0.25) is 9.10 Å². The Hall–Kier alpha value is -2.10. The van der Waals surface area contributed by atoms with E-state index in [-0.39, 0.29) is 23.1 Å². The number of halogens is 1. The van der Waals surface area contributed by atoms with Gasteiger partial charge < -0.3 is 14.8 Å². The monoisotopic (exact) mass is 512 g/mol. The Morgan fingerprint density at radius 1 is 1.09 bits per heavy atom. The summed E-state index contributed by atoms with van der Waals surface area (Å²) < 4.78 is 38.6. The SMILES string of the molecule is COc1ccc(S(=O)(=O)N(CC(=O)NCCSC2CCCC2)c2ccc(Cl)cc2)cc1OC. The van der Waals surface area contributed by atoms with Gasteiger partial charge in [-0.2, -0.15) is 11.8 Å². The molecule has 1 N–H and O–H groups in total. The fourth-order valence-corrected chi connectivity index (χ4v) is 6.47. The van der Waals surface area contributed by atoms with Crippen LogP contribution in [0.2, 0.25) is 5.02 Å². The van der Waals surface area contributed by atoms with Gasteiger partial charge in [-0.15, -0.1) is 0 Å². The third-order valence-electron chi connectivity index (χ3n) is 5.42. The fourth-order valence-electron chi connectivity index (χ4n) is 3.68. The summed E-state index contributed by atoms with van der Waals surface area (Å²) in [7, 11) is -1.17. The molecule has 1 fully saturated rings. The van der Waals surface area contributed by atoms with Crippen molar-refractivity contribution in [3.05, 3.63) is 47.5 Å². The number of nitrogens with zero attached hydrogens (tertiary/aromatic N) is 1. The number of ether oxygens (including phenoxy) is 2. The molecule has 1 saturated carbocycles. The zero-order valence-corrected chi connectivity index (χ0v) is 21.1. The van der Waals surface area contributed by atoms with Crippen LogP contribution >= 0.6 is 23.4 Å². The number of hydrogen-bond acceptors (Lipinski definition) is 6. The second kappa shape index (κ2) is 11.9. The van der Waals surface area contributed by atoms with Gasteiger partial charge in [0.05, 0.1) is 24.8 Å². The predicted octanol–water partition coefficient (Wildman–Crippen LogP) is 4.34. The van der Waals surface area contributed by atoms with Crippen LogP contribution in [0.4, 0.5) is 5.69 Å². The Bertz CT molecular complexity index is 1040. The van der Waals surface area contributed by atoms with E-state index in [0.717, 1.165) is 10.1 Å². The van der Waals surface area contributed by atoms with Gasteiger partial charge in [0.25, 0.3) is 10.0 Å². The molecule has 0 unspecified atom stereocenters. The Morgan fingerprint density at radius 3 is 2.39 bits per heavy atom. The minimum absolute atomic E-state index is 0.0142. The van der Waals surface area contributed by atoms with Crippen LogP contribution in [-0.2, 0) is 14.8 Å². The van der Waals surface area contributed by atoms with Gasteiger partial charge in [-0.05, 0) is 49.2 Å². The van der Waals surface area contributed by atoms with Crippen LogP contribution in [0.3, 0.4) is 0 Å². The zero-order valence-electron chi connectivity index (χ0n) is 18.8. The smallest absolute Gasteiger partial charge is 0.264 e. The lowest BCUT2D eigenvalue weighted by molar-refractivity contribution is -0.119. The number of carbonyl (C=O) groups is 1. The van der Waals surface area contributed by atoms with Crippen LogP contribution in [0.5, 0.6) is 11.5 Å². The van der Waals surface area contributed by atoms with Gasteiger partial charge in [-0.1, -0.05) is 24.4 Å². The minimum atomic E-state index is -4.07. The highest BCUT2D eigenvalue weighted by molar-refractivity contribution is 7.99. The number of benzene rings is 2. The average Bonchev–Trinajstić information content (AvgIpc) is 3.34. The van der Waals surface area contributed by atoms with E-state index in [1.807, 2.05) is 11.8 Å². The lowest BCUT2D eigenvalue weighted by Crippen LogP contribution is -2.41. The Morgan fingerprint density at radius 2 is 1.76 bits per heavy atom. The van der Waals surface area contributed by atoms with Crippen molar-refractivity contribution >= 4 is 45.0 Å². The molecule has 2 aromatic carbocycles. The summed E-state index contributed by atoms with van der Waals surface area (Å²) in [4.78, 5) is 12.7. The molecule has 1 aliphatic rings. The lowest BCUT2D eigenvalue weighted by atomic mass is 10.3. The molecular weight excluding hydrogens is 484 g/mol. The maximum atomic E-state index is 13.5. The highest BCUT2D eigenvalue weighted by atomic mass is 35.5. The molecule has 1 aliphatic carbocycles. The van der Waals surface area contributed by atoms with Crippen molar-refractivity contribution in [3.8, 4) is 11.5 Å². The van der Waals surface area contributed by atoms with Crippen LogP contribution in [0.1, 0.15) is 25.7 Å². The molecule has 1 amide bonds. The van der Waals surface area contributed by atoms with Gasteiger partial charge in [-0.25, -0.2) is 8.42 Å². The molecule has 10 heteroatoms. The van der Waals surface area contributed by atoms with Crippen LogP contribution in [0.15, 0.2) is 47.4 Å². The topological polar surface area (TPSA) is 84.9 Å². The second-order valence-electron chi connectivity index (χ2n) is 7.63. The maximum Gasteiger partial charge on any atom is 0.264 e. The highest BCUT2D eigenvalue weighted by Gasteiger charge is 2.28. The number of amides is 1. The third kappa shape index (κ3) is 6.71. The summed E-state index contributed by atoms with van der Waals surface area (Å²) in [6.07, 6.45) is 5.00. The summed E-state index contributed by atoms with van der Waals surface area (Å²) in [5.41, 5.74) is 0.338. The van der Waals surface area contributed by atoms with Crippen molar-refractivity contribution in [1.82, 2.24) is 5.32 Å². The number of rotatable bonds is 11. The van der Waals surface area contributed by atoms with E-state index < -0.39 is 10.0 Å². The number of thioether (sulfide) groups is 1. The summed E-state index contributed by atoms with van der Waals surface area (Å²) in [5.74, 6) is 1.12. The van der Waals surface area contributed by atoms with Crippen LogP contribution in [0.25, 0.3) is 0 Å². The van der Waals surface area contributed by atoms with E-state index in [1.54, 1.807) is 24.3 Å². The molecule has 0 spiro atoms. The first-order valence-corrected chi connectivity index (χ1v) is 13.6. The van der Waals surface area contributed by atoms with E-state index in [0.29, 0.717) is 28.3 Å². The standard InChI is InChI=1S/C23H29ClN2O5S2/c1-30-21-12-11-20(15-22(21)31-2)33(28,29)26(18-9-7-17(24)8-10-18)16-23(27)25-13-14-32-19-5-3-4-6-19/h7-12,15,19H,3-6,13-14,16H2,1-2H3,(H,25,27). The zero-order chi connectivity index (χ0) is 23.8. The van der Waals surface area contributed by atoms with Crippen LogP contribution in [0, 0.1) is 0 Å². The van der Waals surface area contributed by atoms with Gasteiger partial charge in [0.2, 0.25) is 5.91 Å². The Balaban J connectivity index is 1.77. The first kappa shape index (κ1) is 25.5. The molecule has 3 rings (SSSR count). The first-order valence-electron chi connectivity index (χ1n) is 10.7. The quantitative estimate of drug-likeness (QED) is 0.451. The average molecular weight is 513 g/mol. The molecule has 0 heterocycles. The molecule has 0 aliphatic heterocycles. The Labute approximate surface area is 204 Å². The van der Waals surface area contributed by atoms with E-state index in [4.69, 9.17) is 21.1 Å². The van der Waals surface area contributed by atoms with Gasteiger partial charge in [0, 0.05) is 28.6 Å². The van der Waals surface area contributed by atoms with Crippen molar-refractivity contribution in [1.29, 1.82) is 0 Å². The number of hydrogen-bond donors (Lipinski definition) is 1. The number of carbonyl (C=O) groups excluding carboxylic acids is 1. The molecule has 0 bridgehead atoms. The first-order chi connectivity index (χ1) is 15.8. The van der Waals surface area contributed by atoms with Crippen molar-refractivity contribution in [3.63, 3.8) is 0 Å². The minimum Gasteiger partial charge on any atom is -0.493 e. The number of methoxy groups -OCH3 is 2. The van der Waals surface area contributed by atoms with E-state index in [9.17, 15) is 13.2 Å². The van der Waals surface area contributed by atoms with E-state index >= 15 is 0 Å². The molecular formula is C23H29ClN2O5S2. The predicted molar refractivity (Wildman–Crippen MR) is 133 cm³/mol. The lowest BCUT2D eigenvalue weighted by Gasteiger charge is -2.24. The summed E-state index contributed by atoms with van der Waals surface area (Å²) in [6.45, 7) is 0.136. The summed E-state index contributed by atoms with van der Waals surface area (Å²) in [6, 6.07) is 10.6. The normalized spacial score (nSPS) is 14.2. The van der Waals surface area contributed by atoms with Crippen molar-refractivity contribution in [2.75, 3.05) is 37.4 Å². The maximum absolute atomic E-state index is 13.5. The van der Waals surface area contributed by atoms with Gasteiger partial charge in [0.15, 0.2) is 11.5 Å². The summed E-state index contributed by atoms with van der Waals surface area (Å²) in [5, 5.41) is 3.98. The van der Waals surface area contributed by atoms with E-state index in [1.165, 1.54) is 58.1 Å². The number of nitrogens with one attached hydrogen (secondary N) is 1. The summed E-state index contributed by atoms with van der Waals surface area (Å²) >= 11 is 7.85. The second-order valence-corrected chi connectivity index (χ2v) is 11.3. The van der Waals surface area contributed by atoms with E-state index in [2.05, 4.69) is 5.32 Å².